The van der Waals surface area contributed by atoms with E-state index in [1.807, 2.05) is 30.3 Å². The summed E-state index contributed by atoms with van der Waals surface area (Å²) < 4.78 is 30.6. The van der Waals surface area contributed by atoms with Crippen molar-refractivity contribution >= 4 is 39.9 Å². The molecular weight excluding hydrogens is 494 g/mol. The molecule has 2 fully saturated rings. The van der Waals surface area contributed by atoms with Crippen LogP contribution in [0.15, 0.2) is 52.5 Å². The molecule has 3 N–H and O–H groups in total. The van der Waals surface area contributed by atoms with Crippen LogP contribution in [0.4, 0.5) is 14.5 Å². The number of carbonyl (C=O) groups is 1. The smallest absolute Gasteiger partial charge is 0.341 e. The van der Waals surface area contributed by atoms with Gasteiger partial charge in [0.1, 0.15) is 24.2 Å². The molecule has 1 saturated carbocycles. The predicted octanol–water partition coefficient (Wildman–Crippen LogP) is 3.89. The van der Waals surface area contributed by atoms with Crippen LogP contribution >= 0.6 is 11.6 Å². The second-order valence-corrected chi connectivity index (χ2v) is 9.34. The number of rotatable bonds is 6. The largest absolute Gasteiger partial charge is 0.477 e. The quantitative estimate of drug-likeness (QED) is 0.481. The molecule has 3 atom stereocenters. The molecule has 2 aromatic carbocycles. The predicted molar refractivity (Wildman–Crippen MR) is 132 cm³/mol. The molecule has 0 amide bonds. The standard InChI is InChI=1S/C25H23ClF2N4O4/c26-21-22-14(24(33)15(25(34)35)10-32(22)20-9-16(20)27)8-17(28)23(21)31-7-6-19(18(29)11-31)30-36-12-13-4-2-1-3-5-13/h1-5,8,10,16,18,20H,6-7,9,11-12,29H2,(H,34,35)/t16-,18?,20+/m0/s1. The highest BCUT2D eigenvalue weighted by Gasteiger charge is 2.41. The van der Waals surface area contributed by atoms with Crippen molar-refractivity contribution in [2.24, 2.45) is 10.9 Å². The molecular formula is C25H23ClF2N4O4. The summed E-state index contributed by atoms with van der Waals surface area (Å²) >= 11 is 6.64. The number of aromatic nitrogens is 1. The third-order valence-corrected chi connectivity index (χ3v) is 6.87. The van der Waals surface area contributed by atoms with Crippen LogP contribution in [-0.2, 0) is 11.4 Å². The highest BCUT2D eigenvalue weighted by atomic mass is 35.5. The maximum absolute atomic E-state index is 15.3. The summed E-state index contributed by atoms with van der Waals surface area (Å²) in [6, 6.07) is 9.27. The van der Waals surface area contributed by atoms with Gasteiger partial charge in [-0.15, -0.1) is 0 Å². The first-order valence-electron chi connectivity index (χ1n) is 11.4. The number of anilines is 1. The fraction of sp³-hybridized carbons (Fsp3) is 0.320. The number of carboxylic acid groups (broad SMARTS) is 1. The molecule has 3 aromatic rings. The van der Waals surface area contributed by atoms with E-state index in [-0.39, 0.29) is 34.6 Å². The zero-order chi connectivity index (χ0) is 25.6. The highest BCUT2D eigenvalue weighted by molar-refractivity contribution is 6.38. The average Bonchev–Trinajstić information content (AvgIpc) is 3.57. The topological polar surface area (TPSA) is 110 Å². The molecule has 188 valence electrons. The summed E-state index contributed by atoms with van der Waals surface area (Å²) in [5, 5.41) is 13.3. The summed E-state index contributed by atoms with van der Waals surface area (Å²) in [4.78, 5) is 31.4. The van der Waals surface area contributed by atoms with Crippen LogP contribution in [0, 0.1) is 5.82 Å². The van der Waals surface area contributed by atoms with Crippen molar-refractivity contribution in [3.63, 3.8) is 0 Å². The molecule has 2 aliphatic rings. The van der Waals surface area contributed by atoms with Crippen LogP contribution in [0.25, 0.3) is 10.9 Å². The number of hydrogen-bond donors (Lipinski definition) is 2. The third-order valence-electron chi connectivity index (χ3n) is 6.51. The van der Waals surface area contributed by atoms with E-state index in [0.29, 0.717) is 25.3 Å². The fourth-order valence-corrected chi connectivity index (χ4v) is 4.93. The van der Waals surface area contributed by atoms with Crippen molar-refractivity contribution in [1.29, 1.82) is 0 Å². The Balaban J connectivity index is 1.45. The maximum atomic E-state index is 15.3. The van der Waals surface area contributed by atoms with Gasteiger partial charge in [0.05, 0.1) is 39.4 Å². The fourth-order valence-electron chi connectivity index (χ4n) is 4.52. The number of halogens is 3. The number of aromatic carboxylic acids is 1. The number of hydrogen-bond acceptors (Lipinski definition) is 6. The van der Waals surface area contributed by atoms with E-state index in [1.54, 1.807) is 4.90 Å². The minimum atomic E-state index is -1.48. The van der Waals surface area contributed by atoms with E-state index in [2.05, 4.69) is 5.16 Å². The minimum Gasteiger partial charge on any atom is -0.477 e. The Morgan fingerprint density at radius 1 is 1.31 bits per heavy atom. The van der Waals surface area contributed by atoms with E-state index in [4.69, 9.17) is 22.2 Å². The van der Waals surface area contributed by atoms with Gasteiger partial charge < -0.3 is 25.1 Å². The Morgan fingerprint density at radius 2 is 2.03 bits per heavy atom. The van der Waals surface area contributed by atoms with Gasteiger partial charge in [0.15, 0.2) is 0 Å². The van der Waals surface area contributed by atoms with Crippen LogP contribution in [0.2, 0.25) is 5.02 Å². The van der Waals surface area contributed by atoms with Crippen LogP contribution in [0.1, 0.15) is 34.8 Å². The second kappa shape index (κ2) is 9.51. The number of nitrogens with two attached hydrogens (primary N) is 1. The molecule has 36 heavy (non-hydrogen) atoms. The van der Waals surface area contributed by atoms with Crippen molar-refractivity contribution in [2.45, 2.75) is 37.7 Å². The molecule has 11 heteroatoms. The van der Waals surface area contributed by atoms with E-state index in [9.17, 15) is 19.1 Å². The zero-order valence-corrected chi connectivity index (χ0v) is 19.8. The monoisotopic (exact) mass is 516 g/mol. The van der Waals surface area contributed by atoms with E-state index in [0.717, 1.165) is 17.8 Å². The van der Waals surface area contributed by atoms with Gasteiger partial charge in [-0.05, 0) is 11.6 Å². The van der Waals surface area contributed by atoms with Gasteiger partial charge in [-0.1, -0.05) is 47.1 Å². The molecule has 8 nitrogen and oxygen atoms in total. The molecule has 1 saturated heterocycles. The summed E-state index contributed by atoms with van der Waals surface area (Å²) in [6.45, 7) is 0.802. The van der Waals surface area contributed by atoms with Gasteiger partial charge in [0.25, 0.3) is 0 Å². The van der Waals surface area contributed by atoms with Crippen molar-refractivity contribution < 1.29 is 23.5 Å². The number of oxime groups is 1. The lowest BCUT2D eigenvalue weighted by Gasteiger charge is -2.34. The maximum Gasteiger partial charge on any atom is 0.341 e. The molecule has 1 unspecified atom stereocenters. The molecule has 2 heterocycles. The van der Waals surface area contributed by atoms with Gasteiger partial charge in [-0.3, -0.25) is 4.79 Å². The Kier molecular flexibility index (Phi) is 6.40. The molecule has 5 rings (SSSR count). The Morgan fingerprint density at radius 3 is 2.67 bits per heavy atom. The first kappa shape index (κ1) is 24.2. The number of alkyl halides is 1. The Hall–Kier alpha value is -3.50. The lowest BCUT2D eigenvalue weighted by molar-refractivity contribution is 0.0694. The van der Waals surface area contributed by atoms with Crippen LogP contribution in [-0.4, -0.2) is 46.7 Å². The van der Waals surface area contributed by atoms with E-state index >= 15 is 4.39 Å². The van der Waals surface area contributed by atoms with E-state index in [1.165, 1.54) is 4.57 Å². The van der Waals surface area contributed by atoms with Gasteiger partial charge >= 0.3 is 5.97 Å². The number of nitrogens with zero attached hydrogens (tertiary/aromatic N) is 3. The summed E-state index contributed by atoms with van der Waals surface area (Å²) in [5.74, 6) is -2.27. The highest BCUT2D eigenvalue weighted by Crippen LogP contribution is 2.44. The summed E-state index contributed by atoms with van der Waals surface area (Å²) in [7, 11) is 0. The molecule has 1 aromatic heterocycles. The second-order valence-electron chi connectivity index (χ2n) is 8.96. The average molecular weight is 517 g/mol. The van der Waals surface area contributed by atoms with Crippen LogP contribution < -0.4 is 16.1 Å². The summed E-state index contributed by atoms with van der Waals surface area (Å²) in [6.07, 6.45) is 0.419. The van der Waals surface area contributed by atoms with Gasteiger partial charge in [-0.25, -0.2) is 13.6 Å². The first-order valence-corrected chi connectivity index (χ1v) is 11.8. The molecule has 0 radical (unpaired) electrons. The van der Waals surface area contributed by atoms with Gasteiger partial charge in [0, 0.05) is 32.1 Å². The molecule has 1 aliphatic carbocycles. The molecule has 0 spiro atoms. The SMILES string of the molecule is NC1CN(c2c(F)cc3c(=O)c(C(=O)O)cn([C@@H]4C[C@@H]4F)c3c2Cl)CCC1=NOCc1ccccc1. The third kappa shape index (κ3) is 4.42. The van der Waals surface area contributed by atoms with E-state index < -0.39 is 41.0 Å². The first-order chi connectivity index (χ1) is 17.3. The van der Waals surface area contributed by atoms with Crippen molar-refractivity contribution in [1.82, 2.24) is 4.57 Å². The van der Waals surface area contributed by atoms with Crippen molar-refractivity contribution in [3.8, 4) is 0 Å². The molecule has 1 aliphatic heterocycles. The molecule has 0 bridgehead atoms. The Bertz CT molecular complexity index is 1430. The number of pyridine rings is 1. The van der Waals surface area contributed by atoms with Crippen molar-refractivity contribution in [2.75, 3.05) is 18.0 Å². The Labute approximate surface area is 209 Å². The van der Waals surface area contributed by atoms with Crippen LogP contribution in [0.3, 0.4) is 0 Å². The van der Waals surface area contributed by atoms with Crippen molar-refractivity contribution in [3.05, 3.63) is 74.8 Å². The van der Waals surface area contributed by atoms with Gasteiger partial charge in [0.2, 0.25) is 5.43 Å². The minimum absolute atomic E-state index is 0.0242. The normalized spacial score (nSPS) is 22.7. The number of benzene rings is 2. The zero-order valence-electron chi connectivity index (χ0n) is 19.0. The lowest BCUT2D eigenvalue weighted by Crippen LogP contribution is -2.49. The lowest BCUT2D eigenvalue weighted by atomic mass is 10.0. The number of fused-ring (bicyclic) bond motifs is 1. The number of carboxylic acids is 1. The summed E-state index contributed by atoms with van der Waals surface area (Å²) in [5.41, 5.74) is 6.56. The number of piperidine rings is 1. The van der Waals surface area contributed by atoms with Gasteiger partial charge in [-0.2, -0.15) is 0 Å². The van der Waals surface area contributed by atoms with Crippen LogP contribution in [0.5, 0.6) is 0 Å².